The van der Waals surface area contributed by atoms with Crippen LogP contribution in [0.5, 0.6) is 0 Å². The summed E-state index contributed by atoms with van der Waals surface area (Å²) in [5.74, 6) is -0.286. The van der Waals surface area contributed by atoms with E-state index in [1.807, 2.05) is 25.1 Å². The first-order valence-electron chi connectivity index (χ1n) is 5.49. The Labute approximate surface area is 100 Å². The molecular weight excluding hydrogens is 215 g/mol. The Morgan fingerprint density at radius 2 is 2.00 bits per heavy atom. The Bertz CT molecular complexity index is 523. The first-order valence-corrected chi connectivity index (χ1v) is 5.49. The molecule has 2 aromatic rings. The molecule has 3 heteroatoms. The van der Waals surface area contributed by atoms with E-state index >= 15 is 0 Å². The lowest BCUT2D eigenvalue weighted by Gasteiger charge is -2.09. The van der Waals surface area contributed by atoms with Crippen molar-refractivity contribution < 1.29 is 4.39 Å². The summed E-state index contributed by atoms with van der Waals surface area (Å²) in [4.78, 5) is 0. The monoisotopic (exact) mass is 230 g/mol. The largest absolute Gasteiger partial charge is 0.397 e. The number of halogens is 1. The van der Waals surface area contributed by atoms with Crippen molar-refractivity contribution in [3.8, 4) is 0 Å². The molecule has 0 fully saturated rings. The van der Waals surface area contributed by atoms with Gasteiger partial charge in [0.15, 0.2) is 0 Å². The van der Waals surface area contributed by atoms with Gasteiger partial charge in [0.05, 0.1) is 11.4 Å². The Morgan fingerprint density at radius 1 is 1.18 bits per heavy atom. The number of anilines is 2. The molecule has 0 spiro atoms. The molecule has 2 nitrogen and oxygen atoms in total. The average molecular weight is 230 g/mol. The van der Waals surface area contributed by atoms with E-state index < -0.39 is 0 Å². The number of nitrogens with one attached hydrogen (secondary N) is 1. The lowest BCUT2D eigenvalue weighted by molar-refractivity contribution is 0.628. The number of nitrogen functional groups attached to an aromatic ring is 1. The van der Waals surface area contributed by atoms with Gasteiger partial charge < -0.3 is 11.1 Å². The highest BCUT2D eigenvalue weighted by Crippen LogP contribution is 2.20. The Kier molecular flexibility index (Phi) is 3.28. The molecule has 0 amide bonds. The minimum Gasteiger partial charge on any atom is -0.397 e. The fourth-order valence-corrected chi connectivity index (χ4v) is 1.70. The number of benzene rings is 2. The Morgan fingerprint density at radius 3 is 2.76 bits per heavy atom. The van der Waals surface area contributed by atoms with Crippen LogP contribution in [0.15, 0.2) is 42.5 Å². The molecule has 3 N–H and O–H groups in total. The van der Waals surface area contributed by atoms with Crippen molar-refractivity contribution in [3.05, 3.63) is 59.4 Å². The molecule has 17 heavy (non-hydrogen) atoms. The summed E-state index contributed by atoms with van der Waals surface area (Å²) in [5, 5.41) is 3.13. The van der Waals surface area contributed by atoms with E-state index in [1.54, 1.807) is 6.07 Å². The van der Waals surface area contributed by atoms with Gasteiger partial charge in [-0.05, 0) is 30.7 Å². The Balaban J connectivity index is 2.09. The molecule has 0 atom stereocenters. The van der Waals surface area contributed by atoms with Gasteiger partial charge in [-0.2, -0.15) is 0 Å². The molecule has 88 valence electrons. The van der Waals surface area contributed by atoms with Gasteiger partial charge in [0, 0.05) is 6.54 Å². The molecule has 2 rings (SSSR count). The number of hydrogen-bond acceptors (Lipinski definition) is 2. The summed E-state index contributed by atoms with van der Waals surface area (Å²) in [7, 11) is 0. The predicted octanol–water partition coefficient (Wildman–Crippen LogP) is 3.33. The lowest BCUT2D eigenvalue weighted by Crippen LogP contribution is -2.03. The first-order chi connectivity index (χ1) is 8.15. The summed E-state index contributed by atoms with van der Waals surface area (Å²) >= 11 is 0. The van der Waals surface area contributed by atoms with Crippen LogP contribution >= 0.6 is 0 Å². The summed E-state index contributed by atoms with van der Waals surface area (Å²) < 4.78 is 13.0. The highest BCUT2D eigenvalue weighted by Gasteiger charge is 2.00. The maximum Gasteiger partial charge on any atom is 0.125 e. The van der Waals surface area contributed by atoms with Gasteiger partial charge in [-0.3, -0.25) is 0 Å². The van der Waals surface area contributed by atoms with Crippen molar-refractivity contribution in [1.29, 1.82) is 0 Å². The van der Waals surface area contributed by atoms with Crippen LogP contribution in [-0.4, -0.2) is 0 Å². The molecule has 0 aliphatic heterocycles. The molecule has 0 unspecified atom stereocenters. The van der Waals surface area contributed by atoms with Gasteiger partial charge >= 0.3 is 0 Å². The maximum absolute atomic E-state index is 13.0. The van der Waals surface area contributed by atoms with Gasteiger partial charge in [-0.25, -0.2) is 4.39 Å². The Hall–Kier alpha value is -2.03. The van der Waals surface area contributed by atoms with Crippen LogP contribution in [0.25, 0.3) is 0 Å². The molecule has 0 aromatic heterocycles. The zero-order valence-electron chi connectivity index (χ0n) is 9.70. The van der Waals surface area contributed by atoms with E-state index in [0.717, 1.165) is 5.56 Å². The smallest absolute Gasteiger partial charge is 0.125 e. The number of nitrogens with two attached hydrogens (primary N) is 1. The quantitative estimate of drug-likeness (QED) is 0.794. The molecular formula is C14H15FN2. The number of rotatable bonds is 3. The van der Waals surface area contributed by atoms with E-state index in [2.05, 4.69) is 11.4 Å². The summed E-state index contributed by atoms with van der Waals surface area (Å²) in [6.07, 6.45) is 0. The fraction of sp³-hybridized carbons (Fsp3) is 0.143. The minimum atomic E-state index is -0.286. The molecule has 2 aromatic carbocycles. The molecule has 0 saturated carbocycles. The second-order valence-electron chi connectivity index (χ2n) is 4.07. The van der Waals surface area contributed by atoms with Crippen LogP contribution in [0.1, 0.15) is 11.1 Å². The second kappa shape index (κ2) is 4.87. The molecule has 0 aliphatic carbocycles. The second-order valence-corrected chi connectivity index (χ2v) is 4.07. The van der Waals surface area contributed by atoms with Crippen molar-refractivity contribution >= 4 is 11.4 Å². The normalized spacial score (nSPS) is 10.2. The summed E-state index contributed by atoms with van der Waals surface area (Å²) in [6.45, 7) is 2.68. The maximum atomic E-state index is 13.0. The summed E-state index contributed by atoms with van der Waals surface area (Å²) in [6, 6.07) is 12.5. The third-order valence-corrected chi connectivity index (χ3v) is 2.58. The molecule has 0 radical (unpaired) electrons. The average Bonchev–Trinajstić information content (AvgIpc) is 2.30. The van der Waals surface area contributed by atoms with Crippen molar-refractivity contribution in [2.45, 2.75) is 13.5 Å². The molecule has 0 aliphatic rings. The highest BCUT2D eigenvalue weighted by atomic mass is 19.1. The van der Waals surface area contributed by atoms with Gasteiger partial charge in [-0.15, -0.1) is 0 Å². The molecule has 0 heterocycles. The van der Waals surface area contributed by atoms with Crippen molar-refractivity contribution in [1.82, 2.24) is 0 Å². The van der Waals surface area contributed by atoms with Crippen molar-refractivity contribution in [2.75, 3.05) is 11.1 Å². The standard InChI is InChI=1S/C14H15FN2/c1-10-3-2-4-11(7-10)9-17-14-8-12(15)5-6-13(14)16/h2-8,17H,9,16H2,1H3. The molecule has 0 bridgehead atoms. The molecule has 0 saturated heterocycles. The van der Waals surface area contributed by atoms with Crippen LogP contribution in [0.2, 0.25) is 0 Å². The van der Waals surface area contributed by atoms with Gasteiger partial charge in [0.25, 0.3) is 0 Å². The summed E-state index contributed by atoms with van der Waals surface area (Å²) in [5.41, 5.74) is 9.29. The number of hydrogen-bond donors (Lipinski definition) is 2. The van der Waals surface area contributed by atoms with E-state index in [1.165, 1.54) is 17.7 Å². The van der Waals surface area contributed by atoms with Gasteiger partial charge in [0.2, 0.25) is 0 Å². The zero-order valence-corrected chi connectivity index (χ0v) is 9.70. The fourth-order valence-electron chi connectivity index (χ4n) is 1.70. The topological polar surface area (TPSA) is 38.0 Å². The van der Waals surface area contributed by atoms with Crippen LogP contribution in [0.4, 0.5) is 15.8 Å². The van der Waals surface area contributed by atoms with Crippen LogP contribution in [0.3, 0.4) is 0 Å². The van der Waals surface area contributed by atoms with E-state index in [-0.39, 0.29) is 5.82 Å². The van der Waals surface area contributed by atoms with E-state index in [4.69, 9.17) is 5.73 Å². The van der Waals surface area contributed by atoms with Crippen molar-refractivity contribution in [3.63, 3.8) is 0 Å². The lowest BCUT2D eigenvalue weighted by atomic mass is 10.1. The first kappa shape index (κ1) is 11.5. The van der Waals surface area contributed by atoms with Gasteiger partial charge in [0.1, 0.15) is 5.82 Å². The van der Waals surface area contributed by atoms with Crippen molar-refractivity contribution in [2.24, 2.45) is 0 Å². The van der Waals surface area contributed by atoms with Gasteiger partial charge in [-0.1, -0.05) is 29.8 Å². The highest BCUT2D eigenvalue weighted by molar-refractivity contribution is 5.65. The predicted molar refractivity (Wildman–Crippen MR) is 69.3 cm³/mol. The van der Waals surface area contributed by atoms with Crippen LogP contribution in [-0.2, 0) is 6.54 Å². The zero-order chi connectivity index (χ0) is 12.3. The third kappa shape index (κ3) is 2.97. The number of aryl methyl sites for hydroxylation is 1. The minimum absolute atomic E-state index is 0.286. The third-order valence-electron chi connectivity index (χ3n) is 2.58. The van der Waals surface area contributed by atoms with Crippen LogP contribution < -0.4 is 11.1 Å². The SMILES string of the molecule is Cc1cccc(CNc2cc(F)ccc2N)c1. The van der Waals surface area contributed by atoms with E-state index in [9.17, 15) is 4.39 Å². The van der Waals surface area contributed by atoms with Crippen LogP contribution in [0, 0.1) is 12.7 Å². The van der Waals surface area contributed by atoms with E-state index in [0.29, 0.717) is 17.9 Å².